The Kier molecular flexibility index (Phi) is 11.8. The standard InChI is InChI=1S/C29H31ClN2O9S/c1-5-6-11-39-28(36)20-14-19(8-9-21(20)30)31-25(33)15-32-27(35)24(42-29(32)37)13-18-7-10-22(23(12-18)38-4)40-16-26(34)41-17(2)3/h7-10,12-14,17H,5-6,11,15-16H2,1-4H3,(H,31,33)/b24-13-. The summed E-state index contributed by atoms with van der Waals surface area (Å²) in [7, 11) is 1.42. The average Bonchev–Trinajstić information content (AvgIpc) is 3.20. The zero-order valence-electron chi connectivity index (χ0n) is 23.6. The highest BCUT2D eigenvalue weighted by Crippen LogP contribution is 2.34. The molecule has 0 bridgehead atoms. The Labute approximate surface area is 252 Å². The second kappa shape index (κ2) is 15.3. The quantitative estimate of drug-likeness (QED) is 0.178. The van der Waals surface area contributed by atoms with Crippen LogP contribution in [0, 0.1) is 0 Å². The van der Waals surface area contributed by atoms with E-state index in [4.69, 9.17) is 30.5 Å². The van der Waals surface area contributed by atoms with E-state index in [2.05, 4.69) is 5.32 Å². The maximum Gasteiger partial charge on any atom is 0.344 e. The van der Waals surface area contributed by atoms with Crippen LogP contribution < -0.4 is 14.8 Å². The molecule has 3 rings (SSSR count). The lowest BCUT2D eigenvalue weighted by molar-refractivity contribution is -0.149. The molecule has 1 aliphatic rings. The van der Waals surface area contributed by atoms with Gasteiger partial charge in [-0.3, -0.25) is 19.3 Å². The molecule has 0 spiro atoms. The molecule has 3 amide bonds. The fourth-order valence-corrected chi connectivity index (χ4v) is 4.64. The molecule has 1 aliphatic heterocycles. The Bertz CT molecular complexity index is 1390. The van der Waals surface area contributed by atoms with Gasteiger partial charge in [0.1, 0.15) is 6.54 Å². The Hall–Kier alpha value is -4.03. The van der Waals surface area contributed by atoms with Crippen molar-refractivity contribution < 1.29 is 42.9 Å². The van der Waals surface area contributed by atoms with E-state index in [9.17, 15) is 24.0 Å². The van der Waals surface area contributed by atoms with E-state index in [-0.39, 0.29) is 40.5 Å². The lowest BCUT2D eigenvalue weighted by atomic mass is 10.2. The molecule has 2 aromatic rings. The van der Waals surface area contributed by atoms with Gasteiger partial charge < -0.3 is 24.3 Å². The topological polar surface area (TPSA) is 138 Å². The third-order valence-corrected chi connectivity index (χ3v) is 6.81. The Morgan fingerprint density at radius 1 is 1.10 bits per heavy atom. The van der Waals surface area contributed by atoms with Crippen LogP contribution in [0.3, 0.4) is 0 Å². The Balaban J connectivity index is 1.65. The van der Waals surface area contributed by atoms with Gasteiger partial charge in [-0.2, -0.15) is 0 Å². The second-order valence-corrected chi connectivity index (χ2v) is 10.6. The lowest BCUT2D eigenvalue weighted by Gasteiger charge is -2.13. The van der Waals surface area contributed by atoms with Gasteiger partial charge >= 0.3 is 11.9 Å². The zero-order chi connectivity index (χ0) is 30.8. The molecule has 1 fully saturated rings. The molecule has 2 aromatic carbocycles. The van der Waals surface area contributed by atoms with Gasteiger partial charge in [0.05, 0.1) is 35.3 Å². The summed E-state index contributed by atoms with van der Waals surface area (Å²) in [5.74, 6) is -1.85. The first-order valence-electron chi connectivity index (χ1n) is 13.0. The molecule has 1 heterocycles. The number of esters is 2. The summed E-state index contributed by atoms with van der Waals surface area (Å²) in [4.78, 5) is 63.2. The number of hydrogen-bond donors (Lipinski definition) is 1. The van der Waals surface area contributed by atoms with Crippen LogP contribution in [-0.2, 0) is 23.9 Å². The molecule has 0 aliphatic carbocycles. The number of imide groups is 1. The van der Waals surface area contributed by atoms with E-state index in [1.54, 1.807) is 32.0 Å². The molecule has 13 heteroatoms. The largest absolute Gasteiger partial charge is 0.493 e. The van der Waals surface area contributed by atoms with Crippen molar-refractivity contribution in [2.45, 2.75) is 39.7 Å². The van der Waals surface area contributed by atoms with E-state index in [1.165, 1.54) is 31.4 Å². The number of thioether (sulfide) groups is 1. The summed E-state index contributed by atoms with van der Waals surface area (Å²) in [5.41, 5.74) is 0.863. The predicted molar refractivity (Wildman–Crippen MR) is 158 cm³/mol. The minimum absolute atomic E-state index is 0.0852. The number of carbonyl (C=O) groups is 5. The molecular weight excluding hydrogens is 588 g/mol. The Morgan fingerprint density at radius 2 is 1.86 bits per heavy atom. The minimum atomic E-state index is -0.648. The van der Waals surface area contributed by atoms with Crippen LogP contribution in [0.4, 0.5) is 10.5 Å². The summed E-state index contributed by atoms with van der Waals surface area (Å²) < 4.78 is 21.0. The highest BCUT2D eigenvalue weighted by Gasteiger charge is 2.36. The van der Waals surface area contributed by atoms with Crippen molar-refractivity contribution >= 4 is 64.1 Å². The highest BCUT2D eigenvalue weighted by atomic mass is 35.5. The number of carbonyl (C=O) groups excluding carboxylic acids is 5. The number of benzene rings is 2. The van der Waals surface area contributed by atoms with Crippen molar-refractivity contribution in [2.75, 3.05) is 32.2 Å². The summed E-state index contributed by atoms with van der Waals surface area (Å²) in [6, 6.07) is 9.07. The van der Waals surface area contributed by atoms with Gasteiger partial charge in [-0.05, 0) is 74.0 Å². The predicted octanol–water partition coefficient (Wildman–Crippen LogP) is 5.31. The monoisotopic (exact) mass is 618 g/mol. The summed E-state index contributed by atoms with van der Waals surface area (Å²) >= 11 is 6.80. The van der Waals surface area contributed by atoms with Crippen LogP contribution in [0.15, 0.2) is 41.3 Å². The van der Waals surface area contributed by atoms with Gasteiger partial charge in [0.15, 0.2) is 18.1 Å². The molecular formula is C29H31ClN2O9S. The second-order valence-electron chi connectivity index (χ2n) is 9.24. The molecule has 0 unspecified atom stereocenters. The van der Waals surface area contributed by atoms with Crippen LogP contribution in [0.25, 0.3) is 6.08 Å². The number of methoxy groups -OCH3 is 1. The van der Waals surface area contributed by atoms with E-state index < -0.39 is 35.5 Å². The van der Waals surface area contributed by atoms with Crippen LogP contribution in [0.2, 0.25) is 5.02 Å². The molecule has 1 N–H and O–H groups in total. The van der Waals surface area contributed by atoms with Crippen molar-refractivity contribution in [1.82, 2.24) is 4.90 Å². The van der Waals surface area contributed by atoms with Crippen LogP contribution in [0.5, 0.6) is 11.5 Å². The fraction of sp³-hybridized carbons (Fsp3) is 0.345. The van der Waals surface area contributed by atoms with Crippen LogP contribution in [-0.4, -0.2) is 66.9 Å². The van der Waals surface area contributed by atoms with Crippen LogP contribution >= 0.6 is 23.4 Å². The molecule has 1 saturated heterocycles. The van der Waals surface area contributed by atoms with Gasteiger partial charge in [-0.25, -0.2) is 9.59 Å². The molecule has 0 aromatic heterocycles. The van der Waals surface area contributed by atoms with E-state index in [0.717, 1.165) is 11.3 Å². The van der Waals surface area contributed by atoms with Gasteiger partial charge in [-0.1, -0.05) is 31.0 Å². The minimum Gasteiger partial charge on any atom is -0.493 e. The number of unbranched alkanes of at least 4 members (excludes halogenated alkanes) is 1. The van der Waals surface area contributed by atoms with Crippen molar-refractivity contribution in [3.05, 3.63) is 57.5 Å². The number of anilines is 1. The number of ether oxygens (including phenoxy) is 4. The fourth-order valence-electron chi connectivity index (χ4n) is 3.60. The van der Waals surface area contributed by atoms with Crippen molar-refractivity contribution in [1.29, 1.82) is 0 Å². The van der Waals surface area contributed by atoms with E-state index in [0.29, 0.717) is 35.2 Å². The first kappa shape index (κ1) is 32.5. The number of amides is 3. The maximum absolute atomic E-state index is 13.0. The van der Waals surface area contributed by atoms with Crippen molar-refractivity contribution in [2.24, 2.45) is 0 Å². The maximum atomic E-state index is 13.0. The number of nitrogens with zero attached hydrogens (tertiary/aromatic N) is 1. The SMILES string of the molecule is CCCCOC(=O)c1cc(NC(=O)CN2C(=O)S/C(=C\c3ccc(OCC(=O)OC(C)C)c(OC)c3)C2=O)ccc1Cl. The first-order valence-corrected chi connectivity index (χ1v) is 14.2. The number of rotatable bonds is 13. The van der Waals surface area contributed by atoms with E-state index >= 15 is 0 Å². The van der Waals surface area contributed by atoms with Crippen molar-refractivity contribution in [3.63, 3.8) is 0 Å². The molecule has 11 nitrogen and oxygen atoms in total. The summed E-state index contributed by atoms with van der Waals surface area (Å²) in [6.07, 6.45) is 2.77. The number of hydrogen-bond acceptors (Lipinski definition) is 10. The van der Waals surface area contributed by atoms with Gasteiger partial charge in [-0.15, -0.1) is 0 Å². The first-order chi connectivity index (χ1) is 20.0. The third kappa shape index (κ3) is 8.98. The smallest absolute Gasteiger partial charge is 0.344 e. The van der Waals surface area contributed by atoms with Gasteiger partial charge in [0.2, 0.25) is 5.91 Å². The summed E-state index contributed by atoms with van der Waals surface area (Å²) in [6.45, 7) is 4.82. The zero-order valence-corrected chi connectivity index (χ0v) is 25.1. The van der Waals surface area contributed by atoms with Gasteiger partial charge in [0.25, 0.3) is 11.1 Å². The third-order valence-electron chi connectivity index (χ3n) is 5.57. The number of nitrogens with one attached hydrogen (secondary N) is 1. The lowest BCUT2D eigenvalue weighted by Crippen LogP contribution is -2.36. The Morgan fingerprint density at radius 3 is 2.55 bits per heavy atom. The molecule has 0 saturated carbocycles. The molecule has 0 atom stereocenters. The highest BCUT2D eigenvalue weighted by molar-refractivity contribution is 8.18. The average molecular weight is 619 g/mol. The number of halogens is 1. The van der Waals surface area contributed by atoms with Crippen molar-refractivity contribution in [3.8, 4) is 11.5 Å². The summed E-state index contributed by atoms with van der Waals surface area (Å²) in [5, 5.41) is 2.12. The molecule has 42 heavy (non-hydrogen) atoms. The molecule has 224 valence electrons. The van der Waals surface area contributed by atoms with Crippen LogP contribution in [0.1, 0.15) is 49.5 Å². The van der Waals surface area contributed by atoms with Gasteiger partial charge in [0, 0.05) is 5.69 Å². The molecule has 0 radical (unpaired) electrons. The van der Waals surface area contributed by atoms with E-state index in [1.807, 2.05) is 6.92 Å². The normalized spacial score (nSPS) is 13.9.